The average Bonchev–Trinajstić information content (AvgIpc) is 3.07. The predicted octanol–water partition coefficient (Wildman–Crippen LogP) is 4.27. The van der Waals surface area contributed by atoms with Gasteiger partial charge in [0, 0.05) is 17.8 Å². The van der Waals surface area contributed by atoms with Crippen molar-refractivity contribution in [3.05, 3.63) is 65.6 Å². The lowest BCUT2D eigenvalue weighted by Crippen LogP contribution is -2.31. The van der Waals surface area contributed by atoms with Gasteiger partial charge in [-0.15, -0.1) is 0 Å². The minimum atomic E-state index is -4.59. The normalized spacial score (nSPS) is 19.0. The maximum Gasteiger partial charge on any atom is 0.416 e. The van der Waals surface area contributed by atoms with E-state index in [4.69, 9.17) is 4.74 Å². The highest BCUT2D eigenvalue weighted by molar-refractivity contribution is 5.94. The molecule has 2 atom stereocenters. The summed E-state index contributed by atoms with van der Waals surface area (Å²) in [6, 6.07) is 4.86. The first-order valence-corrected chi connectivity index (χ1v) is 8.46. The van der Waals surface area contributed by atoms with Crippen LogP contribution in [0.15, 0.2) is 54.5 Å². The number of alkyl halides is 4. The lowest BCUT2D eigenvalue weighted by atomic mass is 9.96. The van der Waals surface area contributed by atoms with E-state index in [1.54, 1.807) is 0 Å². The molecule has 1 heterocycles. The van der Waals surface area contributed by atoms with E-state index in [9.17, 15) is 26.7 Å². The van der Waals surface area contributed by atoms with Crippen LogP contribution in [0.1, 0.15) is 11.1 Å². The molecular weight excluding hydrogens is 397 g/mol. The Balaban J connectivity index is 1.79. The Kier molecular flexibility index (Phi) is 5.71. The number of halogens is 5. The molecule has 3 rings (SSSR count). The first-order chi connectivity index (χ1) is 13.7. The number of amides is 1. The molecule has 10 heteroatoms. The van der Waals surface area contributed by atoms with Crippen molar-refractivity contribution in [1.29, 1.82) is 0 Å². The van der Waals surface area contributed by atoms with E-state index < -0.39 is 35.6 Å². The maximum atomic E-state index is 13.8. The number of carbonyl (C=O) groups excluding carboxylic acids is 1. The number of benzene rings is 1. The SMILES string of the molecule is COc1cccc(C(F)(F)F)c1Cn1ccc(NC(=O)C2C(F)=CC=CC2F)n1. The molecule has 5 nitrogen and oxygen atoms in total. The Labute approximate surface area is 162 Å². The highest BCUT2D eigenvalue weighted by atomic mass is 19.4. The van der Waals surface area contributed by atoms with Crippen LogP contribution in [0.25, 0.3) is 0 Å². The molecule has 1 N–H and O–H groups in total. The standard InChI is InChI=1S/C19H16F5N3O2/c1-29-15-7-2-4-12(19(22,23)24)11(15)10-27-9-8-16(26-27)25-18(28)17-13(20)5-3-6-14(17)21/h2-9,13,17H,10H2,1H3,(H,25,26,28). The molecule has 1 aliphatic carbocycles. The minimum Gasteiger partial charge on any atom is -0.496 e. The summed E-state index contributed by atoms with van der Waals surface area (Å²) in [4.78, 5) is 12.2. The number of carbonyl (C=O) groups is 1. The van der Waals surface area contributed by atoms with Crippen molar-refractivity contribution in [2.75, 3.05) is 12.4 Å². The van der Waals surface area contributed by atoms with Crippen molar-refractivity contribution >= 4 is 11.7 Å². The van der Waals surface area contributed by atoms with Gasteiger partial charge in [0.25, 0.3) is 0 Å². The number of aromatic nitrogens is 2. The van der Waals surface area contributed by atoms with E-state index in [1.807, 2.05) is 0 Å². The Morgan fingerprint density at radius 2 is 2.07 bits per heavy atom. The molecule has 29 heavy (non-hydrogen) atoms. The van der Waals surface area contributed by atoms with Crippen LogP contribution in [0.5, 0.6) is 5.75 Å². The number of hydrogen-bond donors (Lipinski definition) is 1. The molecule has 1 aromatic heterocycles. The summed E-state index contributed by atoms with van der Waals surface area (Å²) in [5, 5.41) is 6.24. The first kappa shape index (κ1) is 20.6. The highest BCUT2D eigenvalue weighted by Gasteiger charge is 2.35. The van der Waals surface area contributed by atoms with Crippen LogP contribution < -0.4 is 10.1 Å². The molecule has 2 aromatic rings. The van der Waals surface area contributed by atoms with Gasteiger partial charge in [-0.25, -0.2) is 8.78 Å². The van der Waals surface area contributed by atoms with E-state index in [1.165, 1.54) is 37.6 Å². The number of anilines is 1. The molecule has 1 aromatic carbocycles. The quantitative estimate of drug-likeness (QED) is 0.745. The van der Waals surface area contributed by atoms with Gasteiger partial charge in [0.15, 0.2) is 5.82 Å². The van der Waals surface area contributed by atoms with Crippen molar-refractivity contribution in [3.8, 4) is 5.75 Å². The third-order valence-corrected chi connectivity index (χ3v) is 4.32. The number of allylic oxidation sites excluding steroid dienone is 3. The Hall–Kier alpha value is -3.17. The van der Waals surface area contributed by atoms with Gasteiger partial charge in [0.1, 0.15) is 23.7 Å². The Morgan fingerprint density at radius 1 is 1.31 bits per heavy atom. The fourth-order valence-corrected chi connectivity index (χ4v) is 2.96. The van der Waals surface area contributed by atoms with Gasteiger partial charge in [-0.3, -0.25) is 9.48 Å². The summed E-state index contributed by atoms with van der Waals surface area (Å²) in [5.74, 6) is -3.54. The number of nitrogens with one attached hydrogen (secondary N) is 1. The van der Waals surface area contributed by atoms with Crippen molar-refractivity contribution < 1.29 is 31.5 Å². The molecule has 0 spiro atoms. The highest BCUT2D eigenvalue weighted by Crippen LogP contribution is 2.36. The van der Waals surface area contributed by atoms with Gasteiger partial charge in [-0.1, -0.05) is 12.1 Å². The van der Waals surface area contributed by atoms with Crippen LogP contribution in [-0.2, 0) is 17.5 Å². The van der Waals surface area contributed by atoms with Crippen LogP contribution in [-0.4, -0.2) is 29.0 Å². The summed E-state index contributed by atoms with van der Waals surface area (Å²) in [6.07, 6.45) is -1.88. The number of ether oxygens (including phenoxy) is 1. The predicted molar refractivity (Wildman–Crippen MR) is 94.7 cm³/mol. The first-order valence-electron chi connectivity index (χ1n) is 8.46. The zero-order valence-electron chi connectivity index (χ0n) is 15.1. The van der Waals surface area contributed by atoms with Crippen LogP contribution in [0.3, 0.4) is 0 Å². The molecule has 0 aliphatic heterocycles. The van der Waals surface area contributed by atoms with Gasteiger partial charge in [0.05, 0.1) is 19.2 Å². The maximum absolute atomic E-state index is 13.8. The molecule has 0 fully saturated rings. The zero-order chi connectivity index (χ0) is 21.2. The third kappa shape index (κ3) is 4.47. The second-order valence-electron chi connectivity index (χ2n) is 6.23. The smallest absolute Gasteiger partial charge is 0.416 e. The van der Waals surface area contributed by atoms with Gasteiger partial charge in [-0.2, -0.15) is 18.3 Å². The minimum absolute atomic E-state index is 0.0300. The summed E-state index contributed by atoms with van der Waals surface area (Å²) in [6.45, 7) is -0.291. The summed E-state index contributed by atoms with van der Waals surface area (Å²) in [5.41, 5.74) is -1.02. The van der Waals surface area contributed by atoms with Gasteiger partial charge >= 0.3 is 6.18 Å². The number of methoxy groups -OCH3 is 1. The van der Waals surface area contributed by atoms with Crippen molar-refractivity contribution in [2.45, 2.75) is 18.9 Å². The molecular formula is C19H16F5N3O2. The van der Waals surface area contributed by atoms with Crippen LogP contribution in [0.2, 0.25) is 0 Å². The third-order valence-electron chi connectivity index (χ3n) is 4.32. The fraction of sp³-hybridized carbons (Fsp3) is 0.263. The molecule has 2 unspecified atom stereocenters. The van der Waals surface area contributed by atoms with Crippen LogP contribution in [0.4, 0.5) is 27.8 Å². The summed E-state index contributed by atoms with van der Waals surface area (Å²) in [7, 11) is 1.25. The number of nitrogens with zero attached hydrogens (tertiary/aromatic N) is 2. The van der Waals surface area contributed by atoms with Crippen LogP contribution >= 0.6 is 0 Å². The van der Waals surface area contributed by atoms with Gasteiger partial charge < -0.3 is 10.1 Å². The fourth-order valence-electron chi connectivity index (χ4n) is 2.96. The molecule has 0 saturated heterocycles. The monoisotopic (exact) mass is 413 g/mol. The average molecular weight is 413 g/mol. The van der Waals surface area contributed by atoms with E-state index >= 15 is 0 Å². The summed E-state index contributed by atoms with van der Waals surface area (Å²) >= 11 is 0. The lowest BCUT2D eigenvalue weighted by molar-refractivity contribution is -0.138. The van der Waals surface area contributed by atoms with Gasteiger partial charge in [-0.05, 0) is 24.3 Å². The molecule has 0 bridgehead atoms. The molecule has 0 saturated carbocycles. The van der Waals surface area contributed by atoms with Crippen molar-refractivity contribution in [2.24, 2.45) is 5.92 Å². The molecule has 1 amide bonds. The molecule has 1 aliphatic rings. The summed E-state index contributed by atoms with van der Waals surface area (Å²) < 4.78 is 73.6. The molecule has 154 valence electrons. The van der Waals surface area contributed by atoms with Crippen LogP contribution in [0, 0.1) is 5.92 Å². The van der Waals surface area contributed by atoms with E-state index in [0.29, 0.717) is 0 Å². The number of hydrogen-bond acceptors (Lipinski definition) is 3. The van der Waals surface area contributed by atoms with Crippen molar-refractivity contribution in [3.63, 3.8) is 0 Å². The molecule has 0 radical (unpaired) electrons. The largest absolute Gasteiger partial charge is 0.496 e. The van der Waals surface area contributed by atoms with Crippen molar-refractivity contribution in [1.82, 2.24) is 9.78 Å². The second kappa shape index (κ2) is 8.06. The Morgan fingerprint density at radius 3 is 2.72 bits per heavy atom. The van der Waals surface area contributed by atoms with E-state index in [-0.39, 0.29) is 23.7 Å². The number of rotatable bonds is 5. The zero-order valence-corrected chi connectivity index (χ0v) is 15.1. The Bertz CT molecular complexity index is 965. The lowest BCUT2D eigenvalue weighted by Gasteiger charge is -2.18. The van der Waals surface area contributed by atoms with E-state index in [0.717, 1.165) is 22.9 Å². The van der Waals surface area contributed by atoms with E-state index in [2.05, 4.69) is 10.4 Å². The topological polar surface area (TPSA) is 56.1 Å². The van der Waals surface area contributed by atoms with Gasteiger partial charge in [0.2, 0.25) is 5.91 Å². The second-order valence-corrected chi connectivity index (χ2v) is 6.23.